The van der Waals surface area contributed by atoms with Gasteiger partial charge in [0.15, 0.2) is 0 Å². The summed E-state index contributed by atoms with van der Waals surface area (Å²) >= 11 is 0. The summed E-state index contributed by atoms with van der Waals surface area (Å²) in [6.07, 6.45) is -3.65. The van der Waals surface area contributed by atoms with Crippen molar-refractivity contribution in [3.63, 3.8) is 0 Å². The molecule has 0 saturated carbocycles. The second-order valence-electron chi connectivity index (χ2n) is 5.01. The molecule has 0 radical (unpaired) electrons. The number of nitrogens with two attached hydrogens (primary N) is 1. The molecular formula is C14H19F3N2O2. The molecule has 1 aromatic carbocycles. The van der Waals surface area contributed by atoms with Crippen molar-refractivity contribution in [2.75, 3.05) is 26.7 Å². The molecule has 0 aliphatic carbocycles. The van der Waals surface area contributed by atoms with E-state index in [0.29, 0.717) is 6.54 Å². The van der Waals surface area contributed by atoms with Crippen LogP contribution in [0.5, 0.6) is 5.75 Å². The van der Waals surface area contributed by atoms with Crippen LogP contribution in [0.1, 0.15) is 18.0 Å². The Kier molecular flexibility index (Phi) is 5.08. The molecule has 118 valence electrons. The third-order valence-corrected chi connectivity index (χ3v) is 3.65. The first kappa shape index (κ1) is 16.1. The highest BCUT2D eigenvalue weighted by Gasteiger charge is 2.32. The summed E-state index contributed by atoms with van der Waals surface area (Å²) in [4.78, 5) is 2.13. The van der Waals surface area contributed by atoms with E-state index in [1.54, 1.807) is 19.2 Å². The zero-order chi connectivity index (χ0) is 15.5. The van der Waals surface area contributed by atoms with Crippen molar-refractivity contribution < 1.29 is 22.6 Å². The van der Waals surface area contributed by atoms with Crippen LogP contribution in [0.15, 0.2) is 24.3 Å². The lowest BCUT2D eigenvalue weighted by molar-refractivity contribution is -0.274. The van der Waals surface area contributed by atoms with Gasteiger partial charge in [-0.25, -0.2) is 0 Å². The first-order valence-electron chi connectivity index (χ1n) is 6.75. The van der Waals surface area contributed by atoms with Crippen LogP contribution in [0.3, 0.4) is 0 Å². The molecule has 2 N–H and O–H groups in total. The Labute approximate surface area is 121 Å². The highest BCUT2D eigenvalue weighted by molar-refractivity contribution is 5.31. The fourth-order valence-electron chi connectivity index (χ4n) is 2.64. The minimum absolute atomic E-state index is 0.137. The van der Waals surface area contributed by atoms with E-state index >= 15 is 0 Å². The summed E-state index contributed by atoms with van der Waals surface area (Å²) in [7, 11) is 1.66. The zero-order valence-corrected chi connectivity index (χ0v) is 11.8. The van der Waals surface area contributed by atoms with Crippen LogP contribution < -0.4 is 10.5 Å². The number of benzene rings is 1. The monoisotopic (exact) mass is 304 g/mol. The van der Waals surface area contributed by atoms with Crippen LogP contribution in [-0.2, 0) is 4.74 Å². The zero-order valence-electron chi connectivity index (χ0n) is 11.8. The maximum Gasteiger partial charge on any atom is 0.573 e. The minimum Gasteiger partial charge on any atom is -0.406 e. The summed E-state index contributed by atoms with van der Waals surface area (Å²) < 4.78 is 46.1. The van der Waals surface area contributed by atoms with Crippen molar-refractivity contribution in [3.05, 3.63) is 29.8 Å². The van der Waals surface area contributed by atoms with E-state index in [-0.39, 0.29) is 17.9 Å². The number of likely N-dealkylation sites (tertiary alicyclic amines) is 1. The smallest absolute Gasteiger partial charge is 0.406 e. The molecule has 1 heterocycles. The van der Waals surface area contributed by atoms with Gasteiger partial charge in [-0.1, -0.05) is 12.1 Å². The van der Waals surface area contributed by atoms with E-state index in [9.17, 15) is 13.2 Å². The number of hydrogen-bond acceptors (Lipinski definition) is 4. The average molecular weight is 304 g/mol. The Hall–Kier alpha value is -1.31. The third-order valence-electron chi connectivity index (χ3n) is 3.65. The summed E-state index contributed by atoms with van der Waals surface area (Å²) in [5.41, 5.74) is 6.52. The quantitative estimate of drug-likeness (QED) is 0.907. The second kappa shape index (κ2) is 6.64. The molecule has 0 aromatic heterocycles. The summed E-state index contributed by atoms with van der Waals surface area (Å²) in [5, 5.41) is 0. The molecule has 2 rings (SSSR count). The number of rotatable bonds is 5. The van der Waals surface area contributed by atoms with E-state index in [1.807, 2.05) is 0 Å². The Morgan fingerprint density at radius 2 is 2.19 bits per heavy atom. The van der Waals surface area contributed by atoms with Gasteiger partial charge in [-0.05, 0) is 24.1 Å². The Morgan fingerprint density at radius 1 is 1.43 bits per heavy atom. The van der Waals surface area contributed by atoms with Crippen molar-refractivity contribution in [1.29, 1.82) is 0 Å². The van der Waals surface area contributed by atoms with E-state index in [2.05, 4.69) is 9.64 Å². The first-order chi connectivity index (χ1) is 9.93. The lowest BCUT2D eigenvalue weighted by atomic mass is 10.1. The number of ether oxygens (including phenoxy) is 2. The van der Waals surface area contributed by atoms with Gasteiger partial charge in [0.25, 0.3) is 0 Å². The highest BCUT2D eigenvalue weighted by atomic mass is 19.4. The maximum atomic E-state index is 12.3. The van der Waals surface area contributed by atoms with Gasteiger partial charge in [0.2, 0.25) is 0 Å². The lowest BCUT2D eigenvalue weighted by Crippen LogP contribution is -2.33. The minimum atomic E-state index is -4.69. The molecule has 21 heavy (non-hydrogen) atoms. The Morgan fingerprint density at radius 3 is 2.76 bits per heavy atom. The average Bonchev–Trinajstić information content (AvgIpc) is 2.87. The van der Waals surface area contributed by atoms with Gasteiger partial charge in [-0.2, -0.15) is 0 Å². The molecule has 7 heteroatoms. The molecule has 0 spiro atoms. The van der Waals surface area contributed by atoms with Gasteiger partial charge in [0.1, 0.15) is 5.75 Å². The molecule has 0 bridgehead atoms. The van der Waals surface area contributed by atoms with Gasteiger partial charge in [-0.15, -0.1) is 13.2 Å². The van der Waals surface area contributed by atoms with Gasteiger partial charge >= 0.3 is 6.36 Å². The lowest BCUT2D eigenvalue weighted by Gasteiger charge is -2.27. The molecule has 1 aromatic rings. The van der Waals surface area contributed by atoms with Gasteiger partial charge < -0.3 is 15.2 Å². The molecule has 4 nitrogen and oxygen atoms in total. The maximum absolute atomic E-state index is 12.3. The van der Waals surface area contributed by atoms with E-state index in [1.165, 1.54) is 12.1 Å². The van der Waals surface area contributed by atoms with Crippen LogP contribution in [0.4, 0.5) is 13.2 Å². The predicted molar refractivity (Wildman–Crippen MR) is 71.9 cm³/mol. The third kappa shape index (κ3) is 4.33. The Bertz CT molecular complexity index is 468. The van der Waals surface area contributed by atoms with Crippen molar-refractivity contribution in [2.24, 2.45) is 5.73 Å². The van der Waals surface area contributed by atoms with Crippen molar-refractivity contribution >= 4 is 0 Å². The molecule has 0 amide bonds. The van der Waals surface area contributed by atoms with E-state index in [0.717, 1.165) is 25.1 Å². The topological polar surface area (TPSA) is 47.7 Å². The molecule has 2 atom stereocenters. The van der Waals surface area contributed by atoms with Crippen molar-refractivity contribution in [1.82, 2.24) is 4.90 Å². The highest BCUT2D eigenvalue weighted by Crippen LogP contribution is 2.29. The molecule has 1 fully saturated rings. The summed E-state index contributed by atoms with van der Waals surface area (Å²) in [6.45, 7) is 1.86. The van der Waals surface area contributed by atoms with Gasteiger partial charge in [-0.3, -0.25) is 4.90 Å². The van der Waals surface area contributed by atoms with Crippen molar-refractivity contribution in [3.8, 4) is 5.75 Å². The van der Waals surface area contributed by atoms with Crippen LogP contribution in [0.2, 0.25) is 0 Å². The fraction of sp³-hybridized carbons (Fsp3) is 0.571. The number of hydrogen-bond donors (Lipinski definition) is 1. The summed E-state index contributed by atoms with van der Waals surface area (Å²) in [5.74, 6) is -0.221. The number of alkyl halides is 3. The predicted octanol–water partition coefficient (Wildman–Crippen LogP) is 2.31. The molecular weight excluding hydrogens is 285 g/mol. The van der Waals surface area contributed by atoms with E-state index < -0.39 is 6.36 Å². The van der Waals surface area contributed by atoms with Crippen LogP contribution >= 0.6 is 0 Å². The largest absolute Gasteiger partial charge is 0.573 e. The standard InChI is InChI=1S/C14H19F3N2O2/c1-20-12-5-6-19(9-12)13(8-18)10-3-2-4-11(7-10)21-14(15,16)17/h2-4,7,12-13H,5-6,8-9,18H2,1H3. The van der Waals surface area contributed by atoms with Gasteiger partial charge in [0, 0.05) is 32.8 Å². The van der Waals surface area contributed by atoms with Crippen LogP contribution in [0.25, 0.3) is 0 Å². The van der Waals surface area contributed by atoms with Crippen LogP contribution in [0, 0.1) is 0 Å². The van der Waals surface area contributed by atoms with Crippen molar-refractivity contribution in [2.45, 2.75) is 24.9 Å². The Balaban J connectivity index is 2.13. The number of nitrogens with zero attached hydrogens (tertiary/aromatic N) is 1. The second-order valence-corrected chi connectivity index (χ2v) is 5.01. The number of methoxy groups -OCH3 is 1. The molecule has 1 aliphatic rings. The fourth-order valence-corrected chi connectivity index (χ4v) is 2.64. The molecule has 1 saturated heterocycles. The number of halogens is 3. The first-order valence-corrected chi connectivity index (χ1v) is 6.75. The van der Waals surface area contributed by atoms with E-state index in [4.69, 9.17) is 10.5 Å². The normalized spacial score (nSPS) is 21.5. The van der Waals surface area contributed by atoms with Gasteiger partial charge in [0.05, 0.1) is 6.10 Å². The van der Waals surface area contributed by atoms with Crippen LogP contribution in [-0.4, -0.2) is 44.1 Å². The molecule has 2 unspecified atom stereocenters. The molecule has 1 aliphatic heterocycles. The SMILES string of the molecule is COC1CCN(C(CN)c2cccc(OC(F)(F)F)c2)C1. The summed E-state index contributed by atoms with van der Waals surface area (Å²) in [6, 6.07) is 5.85.